The predicted octanol–water partition coefficient (Wildman–Crippen LogP) is 1.79. The Bertz CT molecular complexity index is 689. The molecule has 7 heteroatoms. The molecule has 1 aromatic carbocycles. The molecular formula is C16H16ClN5O. The summed E-state index contributed by atoms with van der Waals surface area (Å²) >= 11 is 5.88. The number of halogens is 1. The highest BCUT2D eigenvalue weighted by molar-refractivity contribution is 6.30. The maximum Gasteiger partial charge on any atom is 0.258 e. The molecule has 1 aromatic heterocycles. The molecule has 3 rings (SSSR count). The van der Waals surface area contributed by atoms with Gasteiger partial charge in [-0.3, -0.25) is 9.78 Å². The Morgan fingerprint density at radius 2 is 2.09 bits per heavy atom. The van der Waals surface area contributed by atoms with Gasteiger partial charge in [-0.05, 0) is 36.2 Å². The molecule has 1 fully saturated rings. The molecule has 3 N–H and O–H groups in total. The van der Waals surface area contributed by atoms with Crippen molar-refractivity contribution >= 4 is 23.7 Å². The lowest BCUT2D eigenvalue weighted by molar-refractivity contribution is -0.122. The van der Waals surface area contributed by atoms with Crippen molar-refractivity contribution < 1.29 is 4.79 Å². The fourth-order valence-corrected chi connectivity index (χ4v) is 2.46. The van der Waals surface area contributed by atoms with Crippen molar-refractivity contribution in [3.05, 3.63) is 64.9 Å². The van der Waals surface area contributed by atoms with Crippen LogP contribution in [-0.2, 0) is 4.79 Å². The van der Waals surface area contributed by atoms with Crippen LogP contribution in [0.25, 0.3) is 0 Å². The van der Waals surface area contributed by atoms with Crippen molar-refractivity contribution in [2.75, 3.05) is 0 Å². The van der Waals surface area contributed by atoms with Crippen LogP contribution in [0.4, 0.5) is 0 Å². The van der Waals surface area contributed by atoms with Crippen LogP contribution in [-0.4, -0.2) is 23.1 Å². The van der Waals surface area contributed by atoms with Crippen molar-refractivity contribution in [2.45, 2.75) is 18.5 Å². The third-order valence-electron chi connectivity index (χ3n) is 3.55. The van der Waals surface area contributed by atoms with E-state index in [4.69, 9.17) is 11.6 Å². The number of hydrogen-bond donors (Lipinski definition) is 3. The molecule has 0 radical (unpaired) electrons. The van der Waals surface area contributed by atoms with E-state index in [1.54, 1.807) is 6.20 Å². The van der Waals surface area contributed by atoms with E-state index in [2.05, 4.69) is 26.4 Å². The van der Waals surface area contributed by atoms with Gasteiger partial charge >= 0.3 is 0 Å². The standard InChI is InChI=1S/C16H16ClN5O/c17-12-6-4-11(5-7-12)14-9-15(21-20-14)16(23)22-19-10-13-3-1-2-8-18-13/h1-8,10,14-15,20-21H,9H2,(H,22,23)/b19-10+. The van der Waals surface area contributed by atoms with Crippen LogP contribution in [0.5, 0.6) is 0 Å². The molecular weight excluding hydrogens is 314 g/mol. The Morgan fingerprint density at radius 1 is 1.26 bits per heavy atom. The number of hydrazine groups is 1. The van der Waals surface area contributed by atoms with Crippen LogP contribution in [0, 0.1) is 0 Å². The van der Waals surface area contributed by atoms with Crippen LogP contribution < -0.4 is 16.3 Å². The van der Waals surface area contributed by atoms with Crippen LogP contribution in [0.15, 0.2) is 53.8 Å². The molecule has 2 aromatic rings. The summed E-state index contributed by atoms with van der Waals surface area (Å²) in [4.78, 5) is 16.2. The van der Waals surface area contributed by atoms with Gasteiger partial charge in [-0.25, -0.2) is 16.3 Å². The van der Waals surface area contributed by atoms with E-state index in [-0.39, 0.29) is 18.0 Å². The highest BCUT2D eigenvalue weighted by Crippen LogP contribution is 2.23. The number of hydrogen-bond acceptors (Lipinski definition) is 5. The number of amides is 1. The van der Waals surface area contributed by atoms with Crippen molar-refractivity contribution in [2.24, 2.45) is 5.10 Å². The molecule has 0 aliphatic carbocycles. The monoisotopic (exact) mass is 329 g/mol. The number of carbonyl (C=O) groups is 1. The van der Waals surface area contributed by atoms with E-state index < -0.39 is 0 Å². The maximum atomic E-state index is 12.1. The largest absolute Gasteiger partial charge is 0.271 e. The van der Waals surface area contributed by atoms with Gasteiger partial charge in [-0.1, -0.05) is 29.8 Å². The lowest BCUT2D eigenvalue weighted by atomic mass is 10.0. The SMILES string of the molecule is O=C(N/N=C/c1ccccn1)C1CC(c2ccc(Cl)cc2)NN1. The fourth-order valence-electron chi connectivity index (χ4n) is 2.33. The number of aromatic nitrogens is 1. The van der Waals surface area contributed by atoms with Crippen LogP contribution >= 0.6 is 11.6 Å². The van der Waals surface area contributed by atoms with Gasteiger partial charge in [0.1, 0.15) is 6.04 Å². The molecule has 0 bridgehead atoms. The Morgan fingerprint density at radius 3 is 2.83 bits per heavy atom. The summed E-state index contributed by atoms with van der Waals surface area (Å²) in [5.74, 6) is -0.193. The Hall–Kier alpha value is -2.28. The quantitative estimate of drug-likeness (QED) is 0.590. The molecule has 2 unspecified atom stereocenters. The van der Waals surface area contributed by atoms with Gasteiger partial charge < -0.3 is 0 Å². The van der Waals surface area contributed by atoms with Gasteiger partial charge in [0.15, 0.2) is 0 Å². The predicted molar refractivity (Wildman–Crippen MR) is 88.8 cm³/mol. The molecule has 2 heterocycles. The summed E-state index contributed by atoms with van der Waals surface area (Å²) in [7, 11) is 0. The van der Waals surface area contributed by atoms with Crippen molar-refractivity contribution in [1.29, 1.82) is 0 Å². The number of pyridine rings is 1. The molecule has 1 aliphatic rings. The molecule has 23 heavy (non-hydrogen) atoms. The number of nitrogens with one attached hydrogen (secondary N) is 3. The van der Waals surface area contributed by atoms with E-state index in [1.165, 1.54) is 6.21 Å². The van der Waals surface area contributed by atoms with Crippen LogP contribution in [0.3, 0.4) is 0 Å². The lowest BCUT2D eigenvalue weighted by Crippen LogP contribution is -2.41. The molecule has 0 spiro atoms. The molecule has 6 nitrogen and oxygen atoms in total. The minimum atomic E-state index is -0.350. The van der Waals surface area contributed by atoms with E-state index in [9.17, 15) is 4.79 Å². The van der Waals surface area contributed by atoms with E-state index in [0.717, 1.165) is 5.56 Å². The summed E-state index contributed by atoms with van der Waals surface area (Å²) in [5.41, 5.74) is 10.4. The normalized spacial score (nSPS) is 20.7. The molecule has 1 aliphatic heterocycles. The van der Waals surface area contributed by atoms with Gasteiger partial charge in [0.2, 0.25) is 0 Å². The zero-order valence-electron chi connectivity index (χ0n) is 12.2. The third kappa shape index (κ3) is 4.13. The summed E-state index contributed by atoms with van der Waals surface area (Å²) in [6, 6.07) is 12.8. The number of nitrogens with zero attached hydrogens (tertiary/aromatic N) is 2. The minimum absolute atomic E-state index is 0.0581. The summed E-state index contributed by atoms with van der Waals surface area (Å²) < 4.78 is 0. The van der Waals surface area contributed by atoms with Gasteiger partial charge in [-0.2, -0.15) is 5.10 Å². The van der Waals surface area contributed by atoms with Gasteiger partial charge in [0.25, 0.3) is 5.91 Å². The second-order valence-corrected chi connectivity index (χ2v) is 5.61. The molecule has 1 saturated heterocycles. The zero-order valence-corrected chi connectivity index (χ0v) is 13.0. The van der Waals surface area contributed by atoms with Gasteiger partial charge in [0.05, 0.1) is 11.9 Å². The van der Waals surface area contributed by atoms with E-state index in [0.29, 0.717) is 17.1 Å². The van der Waals surface area contributed by atoms with Crippen molar-refractivity contribution in [3.63, 3.8) is 0 Å². The highest BCUT2D eigenvalue weighted by atomic mass is 35.5. The topological polar surface area (TPSA) is 78.4 Å². The summed E-state index contributed by atoms with van der Waals surface area (Å²) in [6.07, 6.45) is 3.81. The summed E-state index contributed by atoms with van der Waals surface area (Å²) in [6.45, 7) is 0. The number of benzene rings is 1. The number of rotatable bonds is 4. The van der Waals surface area contributed by atoms with Crippen LogP contribution in [0.2, 0.25) is 5.02 Å². The van der Waals surface area contributed by atoms with E-state index in [1.807, 2.05) is 42.5 Å². The maximum absolute atomic E-state index is 12.1. The fraction of sp³-hybridized carbons (Fsp3) is 0.188. The highest BCUT2D eigenvalue weighted by Gasteiger charge is 2.29. The second kappa shape index (κ2) is 7.32. The Labute approximate surface area is 138 Å². The smallest absolute Gasteiger partial charge is 0.258 e. The van der Waals surface area contributed by atoms with Crippen molar-refractivity contribution in [1.82, 2.24) is 21.3 Å². The van der Waals surface area contributed by atoms with Crippen molar-refractivity contribution in [3.8, 4) is 0 Å². The van der Waals surface area contributed by atoms with Gasteiger partial charge in [-0.15, -0.1) is 0 Å². The molecule has 0 saturated carbocycles. The molecule has 118 valence electrons. The number of hydrazone groups is 1. The minimum Gasteiger partial charge on any atom is -0.271 e. The third-order valence-corrected chi connectivity index (χ3v) is 3.80. The first-order valence-corrected chi connectivity index (χ1v) is 7.60. The lowest BCUT2D eigenvalue weighted by Gasteiger charge is -2.09. The molecule has 1 amide bonds. The van der Waals surface area contributed by atoms with Crippen LogP contribution in [0.1, 0.15) is 23.7 Å². The average Bonchev–Trinajstić information content (AvgIpc) is 3.06. The Balaban J connectivity index is 1.53. The second-order valence-electron chi connectivity index (χ2n) is 5.17. The number of carbonyl (C=O) groups excluding carboxylic acids is 1. The first-order chi connectivity index (χ1) is 11.2. The zero-order chi connectivity index (χ0) is 16.1. The van der Waals surface area contributed by atoms with E-state index >= 15 is 0 Å². The first kappa shape index (κ1) is 15.6. The van der Waals surface area contributed by atoms with Gasteiger partial charge in [0, 0.05) is 17.3 Å². The molecule has 2 atom stereocenters. The Kier molecular flexibility index (Phi) is 4.97. The average molecular weight is 330 g/mol. The summed E-state index contributed by atoms with van der Waals surface area (Å²) in [5, 5.41) is 4.62. The first-order valence-electron chi connectivity index (χ1n) is 7.23.